The minimum Gasteiger partial charge on any atom is -0.496 e. The molecular weight excluding hydrogens is 586 g/mol. The van der Waals surface area contributed by atoms with E-state index in [0.29, 0.717) is 36.6 Å². The molecule has 0 fully saturated rings. The van der Waals surface area contributed by atoms with Crippen molar-refractivity contribution in [2.45, 2.75) is 92.3 Å². The number of ether oxygens (including phenoxy) is 3. The molecule has 5 atom stereocenters. The second-order valence-electron chi connectivity index (χ2n) is 11.6. The van der Waals surface area contributed by atoms with Gasteiger partial charge in [0, 0.05) is 36.4 Å². The lowest BCUT2D eigenvalue weighted by molar-refractivity contribution is -0.150. The minimum absolute atomic E-state index is 0.0435. The minimum atomic E-state index is -1.07. The van der Waals surface area contributed by atoms with Crippen LogP contribution in [-0.4, -0.2) is 61.2 Å². The van der Waals surface area contributed by atoms with Gasteiger partial charge in [0.25, 0.3) is 0 Å². The van der Waals surface area contributed by atoms with Crippen LogP contribution >= 0.6 is 11.6 Å². The number of methoxy groups -OCH3 is 1. The second-order valence-corrected chi connectivity index (χ2v) is 12.2. The van der Waals surface area contributed by atoms with Gasteiger partial charge in [0.05, 0.1) is 13.2 Å². The van der Waals surface area contributed by atoms with Gasteiger partial charge < -0.3 is 35.3 Å². The first-order valence-corrected chi connectivity index (χ1v) is 15.2. The first-order chi connectivity index (χ1) is 20.7. The van der Waals surface area contributed by atoms with Crippen molar-refractivity contribution in [2.75, 3.05) is 13.7 Å². The molecule has 0 saturated carbocycles. The molecule has 44 heavy (non-hydrogen) atoms. The molecule has 0 spiro atoms. The number of nitrogens with one attached hydrogen (secondary N) is 3. The van der Waals surface area contributed by atoms with E-state index < -0.39 is 35.9 Å². The Kier molecular flexibility index (Phi) is 17.4. The molecule has 0 aromatic heterocycles. The molecular formula is C33H50ClN3O7. The molecule has 0 unspecified atom stereocenters. The maximum Gasteiger partial charge on any atom is 0.407 e. The molecule has 246 valence electrons. The van der Waals surface area contributed by atoms with Gasteiger partial charge in [-0.05, 0) is 44.9 Å². The Morgan fingerprint density at radius 2 is 1.86 bits per heavy atom. The smallest absolute Gasteiger partial charge is 0.407 e. The van der Waals surface area contributed by atoms with E-state index in [9.17, 15) is 19.5 Å². The van der Waals surface area contributed by atoms with Gasteiger partial charge in [0.1, 0.15) is 17.9 Å². The summed E-state index contributed by atoms with van der Waals surface area (Å²) in [5, 5.41) is 18.7. The lowest BCUT2D eigenvalue weighted by atomic mass is 9.86. The van der Waals surface area contributed by atoms with E-state index >= 15 is 0 Å². The summed E-state index contributed by atoms with van der Waals surface area (Å²) in [6, 6.07) is -0.807. The summed E-state index contributed by atoms with van der Waals surface area (Å²) in [6.45, 7) is 13.5. The van der Waals surface area contributed by atoms with E-state index in [2.05, 4.69) is 16.0 Å². The van der Waals surface area contributed by atoms with Gasteiger partial charge in [-0.1, -0.05) is 81.3 Å². The van der Waals surface area contributed by atoms with Crippen LogP contribution in [0.15, 0.2) is 71.2 Å². The quantitative estimate of drug-likeness (QED) is 0.137. The Morgan fingerprint density at radius 1 is 1.18 bits per heavy atom. The predicted octanol–water partition coefficient (Wildman–Crippen LogP) is 5.52. The third-order valence-electron chi connectivity index (χ3n) is 6.58. The van der Waals surface area contributed by atoms with Crippen molar-refractivity contribution >= 4 is 29.5 Å². The van der Waals surface area contributed by atoms with Gasteiger partial charge in [0.15, 0.2) is 0 Å². The Bertz CT molecular complexity index is 1130. The zero-order chi connectivity index (χ0) is 33.3. The number of allylic oxidation sites excluding steroid dienone is 5. The van der Waals surface area contributed by atoms with Crippen LogP contribution in [0.3, 0.4) is 0 Å². The summed E-state index contributed by atoms with van der Waals surface area (Å²) in [7, 11) is 1.50. The molecule has 0 aromatic carbocycles. The van der Waals surface area contributed by atoms with Crippen molar-refractivity contribution in [3.63, 3.8) is 0 Å². The van der Waals surface area contributed by atoms with Crippen LogP contribution in [0.1, 0.15) is 67.7 Å². The lowest BCUT2D eigenvalue weighted by Crippen LogP contribution is -2.52. The first-order valence-electron chi connectivity index (χ1n) is 14.8. The van der Waals surface area contributed by atoms with Gasteiger partial charge in [-0.3, -0.25) is 9.59 Å². The van der Waals surface area contributed by atoms with Crippen molar-refractivity contribution in [1.82, 2.24) is 16.0 Å². The highest BCUT2D eigenvalue weighted by Gasteiger charge is 2.32. The number of carbonyl (C=O) groups excluding carboxylic acids is 3. The van der Waals surface area contributed by atoms with Crippen molar-refractivity contribution in [3.05, 3.63) is 71.2 Å². The Balaban J connectivity index is 2.72. The second kappa shape index (κ2) is 19.8. The highest BCUT2D eigenvalue weighted by Crippen LogP contribution is 2.25. The average Bonchev–Trinajstić information content (AvgIpc) is 2.94. The monoisotopic (exact) mass is 635 g/mol. The number of amides is 3. The zero-order valence-electron chi connectivity index (χ0n) is 27.2. The third-order valence-corrected chi connectivity index (χ3v) is 6.73. The fraction of sp³-hybridized carbons (Fsp3) is 0.545. The fourth-order valence-electron chi connectivity index (χ4n) is 4.21. The molecule has 1 aliphatic rings. The Hall–Kier alpha value is -3.34. The topological polar surface area (TPSA) is 135 Å². The summed E-state index contributed by atoms with van der Waals surface area (Å²) >= 11 is 5.92. The summed E-state index contributed by atoms with van der Waals surface area (Å²) in [4.78, 5) is 37.5. The molecule has 0 aliphatic carbocycles. The molecule has 3 amide bonds. The molecule has 0 saturated heterocycles. The summed E-state index contributed by atoms with van der Waals surface area (Å²) in [6.07, 6.45) is 14.6. The van der Waals surface area contributed by atoms with Crippen molar-refractivity contribution in [3.8, 4) is 0 Å². The molecule has 0 bridgehead atoms. The van der Waals surface area contributed by atoms with Crippen molar-refractivity contribution in [2.24, 2.45) is 11.3 Å². The van der Waals surface area contributed by atoms with Crippen LogP contribution in [0.5, 0.6) is 0 Å². The maximum absolute atomic E-state index is 13.0. The predicted molar refractivity (Wildman–Crippen MR) is 173 cm³/mol. The number of alkyl carbamates (subject to hydrolysis) is 1. The molecule has 0 radical (unpaired) electrons. The molecule has 1 aliphatic heterocycles. The fourth-order valence-corrected chi connectivity index (χ4v) is 4.29. The van der Waals surface area contributed by atoms with E-state index in [0.717, 1.165) is 5.57 Å². The van der Waals surface area contributed by atoms with Gasteiger partial charge in [-0.15, -0.1) is 0 Å². The summed E-state index contributed by atoms with van der Waals surface area (Å²) < 4.78 is 16.1. The number of carbonyl (C=O) groups is 3. The van der Waals surface area contributed by atoms with Crippen LogP contribution in [-0.2, 0) is 23.8 Å². The number of hydrogen-bond donors (Lipinski definition) is 4. The molecule has 1 heterocycles. The number of hydrogen-bond acceptors (Lipinski definition) is 7. The molecule has 10 nitrogen and oxygen atoms in total. The third kappa shape index (κ3) is 15.4. The van der Waals surface area contributed by atoms with Gasteiger partial charge >= 0.3 is 6.09 Å². The van der Waals surface area contributed by atoms with E-state index in [1.165, 1.54) is 19.4 Å². The zero-order valence-corrected chi connectivity index (χ0v) is 27.9. The maximum atomic E-state index is 13.0. The van der Waals surface area contributed by atoms with E-state index in [1.807, 2.05) is 52.8 Å². The Labute approximate surface area is 267 Å². The highest BCUT2D eigenvalue weighted by atomic mass is 35.5. The van der Waals surface area contributed by atoms with E-state index in [-0.39, 0.29) is 17.9 Å². The summed E-state index contributed by atoms with van der Waals surface area (Å²) in [5.41, 5.74) is 0.404. The first kappa shape index (κ1) is 38.7. The normalized spacial score (nSPS) is 20.3. The van der Waals surface area contributed by atoms with E-state index in [4.69, 9.17) is 25.8 Å². The highest BCUT2D eigenvalue weighted by molar-refractivity contribution is 6.29. The largest absolute Gasteiger partial charge is 0.496 e. The molecule has 0 aromatic rings. The number of aliphatic hydroxyl groups is 1. The van der Waals surface area contributed by atoms with Gasteiger partial charge in [-0.2, -0.15) is 0 Å². The standard InChI is InChI=1S/C33H50ClN3O7/c1-9-35-32(41)43-25(17-16-24(4)34)14-12-20-36-30(39)29(33(5,6)7)37-28(38)15-11-10-13-22(2)21-23(3)26-18-19-27(42-8)31(40)44-26/h10-13,15-16,19-21,23,25-26,29,31,40H,9,14,17-18H2,1-8H3,(H,35,41)(H,36,39)(H,37,38)/b13-10-,15-11-,20-12-,22-21+,24-16+/t23-,25+,26-,29+,31+/m0/s1. The van der Waals surface area contributed by atoms with Crippen molar-refractivity contribution < 1.29 is 33.7 Å². The molecule has 4 N–H and O–H groups in total. The lowest BCUT2D eigenvalue weighted by Gasteiger charge is -2.29. The van der Waals surface area contributed by atoms with Gasteiger partial charge in [0.2, 0.25) is 18.1 Å². The van der Waals surface area contributed by atoms with Crippen LogP contribution in [0, 0.1) is 11.3 Å². The SMILES string of the molecule is CCNC(=O)O[C@H](C/C=C\NC(=O)[C@@H](NC(=O)\C=C/C=C\C(C)=C\[C@H](C)[C@@H]1CC=C(OC)[C@H](O)O1)C(C)(C)C)C/C=C(\C)Cl. The van der Waals surface area contributed by atoms with Crippen LogP contribution in [0.2, 0.25) is 0 Å². The van der Waals surface area contributed by atoms with Gasteiger partial charge in [-0.25, -0.2) is 4.79 Å². The van der Waals surface area contributed by atoms with Crippen LogP contribution in [0.4, 0.5) is 4.79 Å². The van der Waals surface area contributed by atoms with Crippen molar-refractivity contribution in [1.29, 1.82) is 0 Å². The molecule has 11 heteroatoms. The molecule has 1 rings (SSSR count). The van der Waals surface area contributed by atoms with Crippen LogP contribution < -0.4 is 16.0 Å². The van der Waals surface area contributed by atoms with E-state index in [1.54, 1.807) is 38.2 Å². The number of aliphatic hydroxyl groups excluding tert-OH is 1. The summed E-state index contributed by atoms with van der Waals surface area (Å²) in [5.74, 6) is -0.325. The number of halogens is 1. The van der Waals surface area contributed by atoms with Crippen LogP contribution in [0.25, 0.3) is 0 Å². The average molecular weight is 636 g/mol. The Morgan fingerprint density at radius 3 is 2.45 bits per heavy atom. The number of rotatable bonds is 15.